The molecule has 13 heteroatoms. The Morgan fingerprint density at radius 3 is 1.64 bits per heavy atom. The molecule has 192 valence electrons. The predicted molar refractivity (Wildman–Crippen MR) is 121 cm³/mol. The maximum atomic E-state index is 12.8. The van der Waals surface area contributed by atoms with Gasteiger partial charge >= 0.3 is 5.97 Å². The maximum absolute atomic E-state index is 12.8. The van der Waals surface area contributed by atoms with E-state index in [2.05, 4.69) is 16.0 Å². The monoisotopic (exact) mass is 476 g/mol. The van der Waals surface area contributed by atoms with Gasteiger partial charge in [0.15, 0.2) is 0 Å². The van der Waals surface area contributed by atoms with Crippen molar-refractivity contribution >= 4 is 23.7 Å². The molecule has 0 spiro atoms. The number of carboxylic acids is 1. The summed E-state index contributed by atoms with van der Waals surface area (Å²) in [5.41, 5.74) is 16.5. The first-order valence-electron chi connectivity index (χ1n) is 11.1. The van der Waals surface area contributed by atoms with Crippen molar-refractivity contribution in [2.24, 2.45) is 17.2 Å². The van der Waals surface area contributed by atoms with Crippen LogP contribution >= 0.6 is 0 Å². The van der Waals surface area contributed by atoms with Crippen molar-refractivity contribution in [2.45, 2.75) is 88.7 Å². The average molecular weight is 477 g/mol. The fourth-order valence-electron chi connectivity index (χ4n) is 2.92. The van der Waals surface area contributed by atoms with Crippen molar-refractivity contribution in [1.82, 2.24) is 16.0 Å². The average Bonchev–Trinajstić information content (AvgIpc) is 2.74. The van der Waals surface area contributed by atoms with E-state index in [1.807, 2.05) is 0 Å². The number of hydrogen-bond acceptors (Lipinski definition) is 9. The minimum Gasteiger partial charge on any atom is -0.480 e. The first kappa shape index (κ1) is 30.7. The molecule has 0 fully saturated rings. The van der Waals surface area contributed by atoms with Crippen LogP contribution in [0.2, 0.25) is 0 Å². The molecular weight excluding hydrogens is 436 g/mol. The Hall–Kier alpha value is -2.32. The van der Waals surface area contributed by atoms with Crippen LogP contribution < -0.4 is 33.2 Å². The molecule has 6 unspecified atom stereocenters. The van der Waals surface area contributed by atoms with Gasteiger partial charge in [-0.3, -0.25) is 14.4 Å². The zero-order valence-corrected chi connectivity index (χ0v) is 19.3. The highest BCUT2D eigenvalue weighted by molar-refractivity contribution is 5.94. The number of amides is 3. The summed E-state index contributed by atoms with van der Waals surface area (Å²) >= 11 is 0. The Kier molecular flexibility index (Phi) is 15.2. The molecule has 0 aliphatic heterocycles. The molecule has 13 nitrogen and oxygen atoms in total. The molecule has 0 aliphatic rings. The molecule has 12 N–H and O–H groups in total. The minimum atomic E-state index is -1.46. The third kappa shape index (κ3) is 11.9. The number of rotatable bonds is 17. The summed E-state index contributed by atoms with van der Waals surface area (Å²) in [7, 11) is 0. The highest BCUT2D eigenvalue weighted by atomic mass is 16.4. The fraction of sp³-hybridized carbons (Fsp3) is 0.800. The quantitative estimate of drug-likeness (QED) is 0.0955. The number of carboxylic acid groups (broad SMARTS) is 1. The van der Waals surface area contributed by atoms with E-state index in [9.17, 15) is 34.5 Å². The number of unbranched alkanes of at least 4 members (excludes halogenated alkanes) is 2. The third-order valence-electron chi connectivity index (χ3n) is 5.03. The number of aliphatic hydroxyl groups is 2. The van der Waals surface area contributed by atoms with E-state index in [1.54, 1.807) is 0 Å². The van der Waals surface area contributed by atoms with E-state index < -0.39 is 60.1 Å². The first-order chi connectivity index (χ1) is 15.5. The largest absolute Gasteiger partial charge is 0.480 e. The molecule has 0 bridgehead atoms. The zero-order chi connectivity index (χ0) is 25.6. The first-order valence-corrected chi connectivity index (χ1v) is 11.1. The van der Waals surface area contributed by atoms with Gasteiger partial charge in [-0.05, 0) is 65.5 Å². The lowest BCUT2D eigenvalue weighted by atomic mass is 10.0. The second-order valence-corrected chi connectivity index (χ2v) is 8.02. The summed E-state index contributed by atoms with van der Waals surface area (Å²) in [5.74, 6) is -3.67. The van der Waals surface area contributed by atoms with Gasteiger partial charge in [-0.15, -0.1) is 0 Å². The van der Waals surface area contributed by atoms with Crippen molar-refractivity contribution < 1.29 is 34.5 Å². The van der Waals surface area contributed by atoms with E-state index >= 15 is 0 Å². The molecule has 33 heavy (non-hydrogen) atoms. The number of aliphatic carboxylic acids is 1. The molecule has 0 heterocycles. The highest BCUT2D eigenvalue weighted by Gasteiger charge is 2.32. The van der Waals surface area contributed by atoms with E-state index in [0.717, 1.165) is 0 Å². The summed E-state index contributed by atoms with van der Waals surface area (Å²) in [6, 6.07) is -5.06. The number of carbonyl (C=O) groups is 4. The Labute approximate surface area is 193 Å². The zero-order valence-electron chi connectivity index (χ0n) is 19.3. The number of hydrogen-bond donors (Lipinski definition) is 9. The van der Waals surface area contributed by atoms with Gasteiger partial charge in [0.1, 0.15) is 24.2 Å². The summed E-state index contributed by atoms with van der Waals surface area (Å²) in [6.07, 6.45) is -0.0979. The van der Waals surface area contributed by atoms with E-state index in [0.29, 0.717) is 38.8 Å². The van der Waals surface area contributed by atoms with E-state index in [4.69, 9.17) is 17.2 Å². The van der Waals surface area contributed by atoms with Crippen LogP contribution in [0.1, 0.15) is 52.4 Å². The summed E-state index contributed by atoms with van der Waals surface area (Å²) in [5, 5.41) is 36.0. The second kappa shape index (κ2) is 16.3. The number of nitrogens with one attached hydrogen (secondary N) is 3. The maximum Gasteiger partial charge on any atom is 0.326 e. The van der Waals surface area contributed by atoms with Crippen molar-refractivity contribution in [1.29, 1.82) is 0 Å². The molecule has 0 aromatic carbocycles. The molecule has 0 saturated carbocycles. The highest BCUT2D eigenvalue weighted by Crippen LogP contribution is 2.06. The molecular formula is C20H40N6O7. The topological polar surface area (TPSA) is 243 Å². The molecule has 0 rings (SSSR count). The summed E-state index contributed by atoms with van der Waals surface area (Å²) in [6.45, 7) is 3.34. The lowest BCUT2D eigenvalue weighted by molar-refractivity contribution is -0.143. The van der Waals surface area contributed by atoms with Crippen LogP contribution in [-0.2, 0) is 19.2 Å². The SMILES string of the molecule is CC(O)C(N)C(=O)NC(CCCCN)C(=O)NC(C(=O)NC(CCCCN)C(=O)O)C(C)O. The molecule has 0 aromatic rings. The summed E-state index contributed by atoms with van der Waals surface area (Å²) < 4.78 is 0. The predicted octanol–water partition coefficient (Wildman–Crippen LogP) is -3.13. The molecule has 3 amide bonds. The van der Waals surface area contributed by atoms with Gasteiger partial charge in [-0.25, -0.2) is 4.79 Å². The van der Waals surface area contributed by atoms with Gasteiger partial charge in [-0.2, -0.15) is 0 Å². The lowest BCUT2D eigenvalue weighted by Crippen LogP contribution is -2.60. The van der Waals surface area contributed by atoms with Crippen LogP contribution in [0, 0.1) is 0 Å². The molecule has 0 radical (unpaired) electrons. The molecule has 0 aliphatic carbocycles. The van der Waals surface area contributed by atoms with Crippen LogP contribution in [0.15, 0.2) is 0 Å². The van der Waals surface area contributed by atoms with Crippen LogP contribution in [0.4, 0.5) is 0 Å². The minimum absolute atomic E-state index is 0.133. The van der Waals surface area contributed by atoms with E-state index in [1.165, 1.54) is 13.8 Å². The second-order valence-electron chi connectivity index (χ2n) is 8.02. The van der Waals surface area contributed by atoms with Gasteiger partial charge in [-0.1, -0.05) is 0 Å². The smallest absolute Gasteiger partial charge is 0.326 e. The number of nitrogens with two attached hydrogens (primary N) is 3. The van der Waals surface area contributed by atoms with Crippen molar-refractivity contribution in [3.8, 4) is 0 Å². The van der Waals surface area contributed by atoms with Crippen molar-refractivity contribution in [2.75, 3.05) is 13.1 Å². The number of aliphatic hydroxyl groups excluding tert-OH is 2. The molecule has 0 saturated heterocycles. The number of carbonyl (C=O) groups excluding carboxylic acids is 3. The van der Waals surface area contributed by atoms with Gasteiger partial charge < -0.3 is 48.5 Å². The van der Waals surface area contributed by atoms with Crippen LogP contribution in [-0.4, -0.2) is 88.5 Å². The Balaban J connectivity index is 5.36. The van der Waals surface area contributed by atoms with Gasteiger partial charge in [0.25, 0.3) is 0 Å². The van der Waals surface area contributed by atoms with Crippen molar-refractivity contribution in [3.63, 3.8) is 0 Å². The van der Waals surface area contributed by atoms with Gasteiger partial charge in [0, 0.05) is 0 Å². The third-order valence-corrected chi connectivity index (χ3v) is 5.03. The van der Waals surface area contributed by atoms with E-state index in [-0.39, 0.29) is 12.8 Å². The van der Waals surface area contributed by atoms with Crippen LogP contribution in [0.25, 0.3) is 0 Å². The summed E-state index contributed by atoms with van der Waals surface area (Å²) in [4.78, 5) is 49.2. The van der Waals surface area contributed by atoms with Crippen LogP contribution in [0.3, 0.4) is 0 Å². The Bertz CT molecular complexity index is 632. The standard InChI is InChI=1S/C20H40N6O7/c1-11(27)15(23)18(30)24-13(7-3-5-9-21)17(29)26-16(12(2)28)19(31)25-14(20(32)33)8-4-6-10-22/h11-16,27-28H,3-10,21-23H2,1-2H3,(H,24,30)(H,25,31)(H,26,29)(H,32,33). The molecule has 0 aromatic heterocycles. The Morgan fingerprint density at radius 2 is 1.21 bits per heavy atom. The van der Waals surface area contributed by atoms with Gasteiger partial charge in [0.05, 0.1) is 12.2 Å². The lowest BCUT2D eigenvalue weighted by Gasteiger charge is -2.27. The Morgan fingerprint density at radius 1 is 0.727 bits per heavy atom. The molecule has 6 atom stereocenters. The van der Waals surface area contributed by atoms with Crippen LogP contribution in [0.5, 0.6) is 0 Å². The normalized spacial score (nSPS) is 16.6. The van der Waals surface area contributed by atoms with Gasteiger partial charge in [0.2, 0.25) is 17.7 Å². The fourth-order valence-corrected chi connectivity index (χ4v) is 2.92. The van der Waals surface area contributed by atoms with Crippen molar-refractivity contribution in [3.05, 3.63) is 0 Å².